The third-order valence-electron chi connectivity index (χ3n) is 5.29. The van der Waals surface area contributed by atoms with E-state index in [9.17, 15) is 4.79 Å². The molecule has 3 N–H and O–H groups in total. The Balaban J connectivity index is 1.55. The minimum Gasteiger partial charge on any atom is -0.486 e. The second kappa shape index (κ2) is 6.26. The van der Waals surface area contributed by atoms with Gasteiger partial charge in [0, 0.05) is 18.4 Å². The number of nitrogens with two attached hydrogens (primary N) is 1. The number of hydrogen-bond acceptors (Lipinski definition) is 5. The standard InChI is InChI=1S/C18H26N2O4/c1-4-22-15-9-18(19,17(15,2)3)16(21)20-10-12-11-23-13-7-5-6-8-14(13)24-12/h5-8,12,15H,4,9-11,19H2,1-3H3,(H,20,21). The molecule has 1 saturated carbocycles. The van der Waals surface area contributed by atoms with Crippen LogP contribution in [0.2, 0.25) is 0 Å². The van der Waals surface area contributed by atoms with E-state index in [1.54, 1.807) is 0 Å². The quantitative estimate of drug-likeness (QED) is 0.852. The average molecular weight is 334 g/mol. The van der Waals surface area contributed by atoms with Crippen molar-refractivity contribution < 1.29 is 19.0 Å². The van der Waals surface area contributed by atoms with E-state index in [0.29, 0.717) is 31.9 Å². The molecule has 1 aliphatic carbocycles. The van der Waals surface area contributed by atoms with Crippen LogP contribution in [0.4, 0.5) is 0 Å². The number of benzene rings is 1. The first-order valence-electron chi connectivity index (χ1n) is 8.45. The number of fused-ring (bicyclic) bond motifs is 1. The van der Waals surface area contributed by atoms with E-state index in [-0.39, 0.29) is 18.1 Å². The Labute approximate surface area is 142 Å². The molecule has 1 heterocycles. The number of carbonyl (C=O) groups excluding carboxylic acids is 1. The highest BCUT2D eigenvalue weighted by Gasteiger charge is 2.62. The third kappa shape index (κ3) is 2.74. The number of amides is 1. The number of para-hydroxylation sites is 2. The Kier molecular flexibility index (Phi) is 4.44. The van der Waals surface area contributed by atoms with Gasteiger partial charge in [0.1, 0.15) is 18.2 Å². The predicted molar refractivity (Wildman–Crippen MR) is 90.1 cm³/mol. The number of hydrogen-bond donors (Lipinski definition) is 2. The summed E-state index contributed by atoms with van der Waals surface area (Å²) in [5, 5.41) is 2.92. The zero-order valence-electron chi connectivity index (χ0n) is 14.5. The van der Waals surface area contributed by atoms with Gasteiger partial charge in [0.15, 0.2) is 11.5 Å². The van der Waals surface area contributed by atoms with Gasteiger partial charge in [0.2, 0.25) is 5.91 Å². The maximum Gasteiger partial charge on any atom is 0.240 e. The lowest BCUT2D eigenvalue weighted by molar-refractivity contribution is -0.170. The van der Waals surface area contributed by atoms with Crippen LogP contribution >= 0.6 is 0 Å². The first-order chi connectivity index (χ1) is 11.4. The lowest BCUT2D eigenvalue weighted by Crippen LogP contribution is -2.76. The largest absolute Gasteiger partial charge is 0.486 e. The lowest BCUT2D eigenvalue weighted by atomic mass is 9.54. The molecular formula is C18H26N2O4. The topological polar surface area (TPSA) is 82.8 Å². The van der Waals surface area contributed by atoms with Crippen molar-refractivity contribution >= 4 is 5.91 Å². The van der Waals surface area contributed by atoms with E-state index in [1.807, 2.05) is 45.0 Å². The van der Waals surface area contributed by atoms with Crippen LogP contribution in [0.3, 0.4) is 0 Å². The molecule has 6 heteroatoms. The van der Waals surface area contributed by atoms with Crippen molar-refractivity contribution in [2.45, 2.75) is 44.9 Å². The zero-order chi connectivity index (χ0) is 17.4. The molecular weight excluding hydrogens is 308 g/mol. The summed E-state index contributed by atoms with van der Waals surface area (Å²) in [6.45, 7) is 7.30. The molecule has 0 spiro atoms. The van der Waals surface area contributed by atoms with Crippen LogP contribution in [-0.2, 0) is 9.53 Å². The fourth-order valence-corrected chi connectivity index (χ4v) is 3.35. The van der Waals surface area contributed by atoms with Crippen molar-refractivity contribution in [3.63, 3.8) is 0 Å². The highest BCUT2D eigenvalue weighted by Crippen LogP contribution is 2.49. The summed E-state index contributed by atoms with van der Waals surface area (Å²) in [6, 6.07) is 7.51. The number of rotatable bonds is 5. The Morgan fingerprint density at radius 1 is 1.38 bits per heavy atom. The molecule has 1 aliphatic heterocycles. The van der Waals surface area contributed by atoms with Crippen LogP contribution in [0.1, 0.15) is 27.2 Å². The number of carbonyl (C=O) groups is 1. The van der Waals surface area contributed by atoms with Gasteiger partial charge in [-0.3, -0.25) is 4.79 Å². The summed E-state index contributed by atoms with van der Waals surface area (Å²) < 4.78 is 17.2. The molecule has 1 aromatic rings. The molecule has 3 rings (SSSR count). The molecule has 132 valence electrons. The normalized spacial score (nSPS) is 30.3. The van der Waals surface area contributed by atoms with Crippen molar-refractivity contribution in [3.8, 4) is 11.5 Å². The highest BCUT2D eigenvalue weighted by atomic mass is 16.6. The van der Waals surface area contributed by atoms with Crippen LogP contribution < -0.4 is 20.5 Å². The molecule has 2 aliphatic rings. The van der Waals surface area contributed by atoms with Gasteiger partial charge in [-0.25, -0.2) is 0 Å². The molecule has 3 atom stereocenters. The fourth-order valence-electron chi connectivity index (χ4n) is 3.35. The summed E-state index contributed by atoms with van der Waals surface area (Å²) >= 11 is 0. The minimum atomic E-state index is -0.916. The van der Waals surface area contributed by atoms with Gasteiger partial charge in [0.05, 0.1) is 12.6 Å². The van der Waals surface area contributed by atoms with Crippen LogP contribution in [0.15, 0.2) is 24.3 Å². The smallest absolute Gasteiger partial charge is 0.240 e. The van der Waals surface area contributed by atoms with E-state index in [2.05, 4.69) is 5.32 Å². The van der Waals surface area contributed by atoms with E-state index in [0.717, 1.165) is 5.75 Å². The molecule has 3 unspecified atom stereocenters. The molecule has 1 fully saturated rings. The average Bonchev–Trinajstić information content (AvgIpc) is 2.59. The lowest BCUT2D eigenvalue weighted by Gasteiger charge is -2.57. The maximum absolute atomic E-state index is 12.6. The van der Waals surface area contributed by atoms with Gasteiger partial charge in [-0.1, -0.05) is 26.0 Å². The van der Waals surface area contributed by atoms with Crippen molar-refractivity contribution in [1.82, 2.24) is 5.32 Å². The minimum absolute atomic E-state index is 0.0133. The molecule has 24 heavy (non-hydrogen) atoms. The molecule has 0 bridgehead atoms. The van der Waals surface area contributed by atoms with Gasteiger partial charge >= 0.3 is 0 Å². The monoisotopic (exact) mass is 334 g/mol. The molecule has 1 aromatic carbocycles. The number of ether oxygens (including phenoxy) is 3. The molecule has 6 nitrogen and oxygen atoms in total. The van der Waals surface area contributed by atoms with E-state index >= 15 is 0 Å². The second-order valence-electron chi connectivity index (χ2n) is 7.05. The van der Waals surface area contributed by atoms with Gasteiger partial charge in [-0.2, -0.15) is 0 Å². The zero-order valence-corrected chi connectivity index (χ0v) is 14.5. The molecule has 1 amide bonds. The van der Waals surface area contributed by atoms with Crippen molar-refractivity contribution in [2.24, 2.45) is 11.1 Å². The van der Waals surface area contributed by atoms with Crippen molar-refractivity contribution in [3.05, 3.63) is 24.3 Å². The first kappa shape index (κ1) is 17.0. The summed E-state index contributed by atoms with van der Waals surface area (Å²) in [6.07, 6.45) is 0.322. The van der Waals surface area contributed by atoms with Crippen molar-refractivity contribution in [2.75, 3.05) is 19.8 Å². The summed E-state index contributed by atoms with van der Waals surface area (Å²) in [4.78, 5) is 12.6. The van der Waals surface area contributed by atoms with Gasteiger partial charge in [-0.05, 0) is 19.1 Å². The SMILES string of the molecule is CCOC1CC(N)(C(=O)NCC2COc3ccccc3O2)C1(C)C. The fraction of sp³-hybridized carbons (Fsp3) is 0.611. The van der Waals surface area contributed by atoms with Crippen LogP contribution in [0.5, 0.6) is 11.5 Å². The summed E-state index contributed by atoms with van der Waals surface area (Å²) in [5.41, 5.74) is 5.06. The Morgan fingerprint density at radius 2 is 2.08 bits per heavy atom. The molecule has 0 aromatic heterocycles. The van der Waals surface area contributed by atoms with Crippen LogP contribution in [0, 0.1) is 5.41 Å². The van der Waals surface area contributed by atoms with Gasteiger partial charge in [-0.15, -0.1) is 0 Å². The summed E-state index contributed by atoms with van der Waals surface area (Å²) in [5.74, 6) is 1.27. The van der Waals surface area contributed by atoms with E-state index in [4.69, 9.17) is 19.9 Å². The predicted octanol–water partition coefficient (Wildman–Crippen LogP) is 1.48. The van der Waals surface area contributed by atoms with Gasteiger partial charge in [0.25, 0.3) is 0 Å². The van der Waals surface area contributed by atoms with E-state index in [1.165, 1.54) is 0 Å². The van der Waals surface area contributed by atoms with Crippen molar-refractivity contribution in [1.29, 1.82) is 0 Å². The second-order valence-corrected chi connectivity index (χ2v) is 7.05. The Bertz CT molecular complexity index is 619. The van der Waals surface area contributed by atoms with Crippen LogP contribution in [0.25, 0.3) is 0 Å². The number of nitrogens with one attached hydrogen (secondary N) is 1. The van der Waals surface area contributed by atoms with E-state index < -0.39 is 11.0 Å². The first-order valence-corrected chi connectivity index (χ1v) is 8.45. The van der Waals surface area contributed by atoms with Gasteiger partial charge < -0.3 is 25.3 Å². The molecule has 0 saturated heterocycles. The Hall–Kier alpha value is -1.79. The highest BCUT2D eigenvalue weighted by molar-refractivity contribution is 5.88. The maximum atomic E-state index is 12.6. The third-order valence-corrected chi connectivity index (χ3v) is 5.29. The Morgan fingerprint density at radius 3 is 2.75 bits per heavy atom. The van der Waals surface area contributed by atoms with Crippen LogP contribution in [-0.4, -0.2) is 43.4 Å². The molecule has 0 radical (unpaired) electrons. The summed E-state index contributed by atoms with van der Waals surface area (Å²) in [7, 11) is 0.